The van der Waals surface area contributed by atoms with Crippen molar-refractivity contribution in [2.24, 2.45) is 0 Å². The second-order valence-corrected chi connectivity index (χ2v) is 6.03. The van der Waals surface area contributed by atoms with Crippen molar-refractivity contribution < 1.29 is 28.0 Å². The first kappa shape index (κ1) is 24.8. The number of hydrogen-bond acceptors (Lipinski definition) is 6. The molecule has 23 heavy (non-hydrogen) atoms. The van der Waals surface area contributed by atoms with Crippen molar-refractivity contribution in [3.8, 4) is 0 Å². The lowest BCUT2D eigenvalue weighted by Gasteiger charge is -2.15. The lowest BCUT2D eigenvalue weighted by molar-refractivity contribution is -0.201. The van der Waals surface area contributed by atoms with Gasteiger partial charge in [-0.15, -0.1) is 4.67 Å². The summed E-state index contributed by atoms with van der Waals surface area (Å²) in [6, 6.07) is 0. The molecular formula is C15H34NO6P. The Hall–Kier alpha value is -0.460. The van der Waals surface area contributed by atoms with Crippen LogP contribution in [0.1, 0.15) is 66.2 Å². The molecule has 0 aromatic carbocycles. The molecule has 0 saturated heterocycles. The summed E-state index contributed by atoms with van der Waals surface area (Å²) in [5.74, 6) is 0.0732. The molecule has 1 atom stereocenters. The zero-order valence-corrected chi connectivity index (χ0v) is 16.2. The summed E-state index contributed by atoms with van der Waals surface area (Å²) >= 11 is 0. The van der Waals surface area contributed by atoms with Gasteiger partial charge in [0.2, 0.25) is 5.91 Å². The Kier molecular flexibility index (Phi) is 19.3. The maximum absolute atomic E-state index is 12.0. The van der Waals surface area contributed by atoms with E-state index in [1.54, 1.807) is 0 Å². The lowest BCUT2D eigenvalue weighted by Crippen LogP contribution is -2.23. The van der Waals surface area contributed by atoms with E-state index in [9.17, 15) is 9.36 Å². The number of rotatable bonds is 14. The fraction of sp³-hybridized carbons (Fsp3) is 0.933. The fourth-order valence-electron chi connectivity index (χ4n) is 1.48. The van der Waals surface area contributed by atoms with Crippen LogP contribution in [0.2, 0.25) is 0 Å². The molecular weight excluding hydrogens is 321 g/mol. The smallest absolute Gasteiger partial charge is 0.356 e. The second-order valence-electron chi connectivity index (χ2n) is 4.47. The van der Waals surface area contributed by atoms with Gasteiger partial charge < -0.3 is 5.32 Å². The Morgan fingerprint density at radius 3 is 2.17 bits per heavy atom. The highest BCUT2D eigenvalue weighted by Gasteiger charge is 2.27. The van der Waals surface area contributed by atoms with Crippen LogP contribution in [0.25, 0.3) is 0 Å². The van der Waals surface area contributed by atoms with Gasteiger partial charge in [-0.2, -0.15) is 0 Å². The summed E-state index contributed by atoms with van der Waals surface area (Å²) in [6.07, 6.45) is 4.78. The number of unbranched alkanes of at least 4 members (excludes halogenated alkanes) is 3. The van der Waals surface area contributed by atoms with Crippen molar-refractivity contribution in [2.75, 3.05) is 26.9 Å². The van der Waals surface area contributed by atoms with Crippen molar-refractivity contribution in [2.45, 2.75) is 66.2 Å². The summed E-state index contributed by atoms with van der Waals surface area (Å²) in [4.78, 5) is 15.4. The van der Waals surface area contributed by atoms with E-state index in [-0.39, 0.29) is 19.1 Å². The average Bonchev–Trinajstić information content (AvgIpc) is 2.57. The number of phosphoric ester groups is 1. The van der Waals surface area contributed by atoms with E-state index in [4.69, 9.17) is 9.05 Å². The highest BCUT2D eigenvalue weighted by atomic mass is 31.2. The van der Waals surface area contributed by atoms with Crippen LogP contribution in [0.5, 0.6) is 0 Å². The van der Waals surface area contributed by atoms with Gasteiger partial charge in [-0.1, -0.05) is 40.5 Å². The molecule has 0 aromatic heterocycles. The predicted octanol–water partition coefficient (Wildman–Crippen LogP) is 4.23. The molecule has 0 heterocycles. The van der Waals surface area contributed by atoms with Crippen molar-refractivity contribution in [3.63, 3.8) is 0 Å². The maximum atomic E-state index is 12.0. The summed E-state index contributed by atoms with van der Waals surface area (Å²) in [5.41, 5.74) is 0. The Labute approximate surface area is 140 Å². The van der Waals surface area contributed by atoms with Crippen LogP contribution in [0, 0.1) is 0 Å². The van der Waals surface area contributed by atoms with Gasteiger partial charge in [-0.05, 0) is 19.3 Å². The minimum Gasteiger partial charge on any atom is -0.356 e. The van der Waals surface area contributed by atoms with Gasteiger partial charge in [0.25, 0.3) is 0 Å². The number of carbonyl (C=O) groups excluding carboxylic acids is 1. The van der Waals surface area contributed by atoms with E-state index < -0.39 is 7.82 Å². The van der Waals surface area contributed by atoms with Gasteiger partial charge in [0.1, 0.15) is 0 Å². The minimum atomic E-state index is -3.59. The average molecular weight is 355 g/mol. The molecule has 140 valence electrons. The lowest BCUT2D eigenvalue weighted by atomic mass is 10.2. The molecule has 1 amide bonds. The summed E-state index contributed by atoms with van der Waals surface area (Å²) in [5, 5.41) is 2.82. The monoisotopic (exact) mass is 355 g/mol. The van der Waals surface area contributed by atoms with Crippen LogP contribution in [-0.4, -0.2) is 32.8 Å². The first-order chi connectivity index (χ1) is 11.1. The SMILES string of the molecule is CC.CCCOP(=O)(OCCCCCCNC(=O)CC)OOC. The van der Waals surface area contributed by atoms with Gasteiger partial charge >= 0.3 is 7.82 Å². The van der Waals surface area contributed by atoms with Crippen molar-refractivity contribution in [3.05, 3.63) is 0 Å². The van der Waals surface area contributed by atoms with Gasteiger partial charge in [-0.25, -0.2) is 9.45 Å². The molecule has 1 N–H and O–H groups in total. The van der Waals surface area contributed by atoms with Crippen LogP contribution < -0.4 is 5.32 Å². The fourth-order valence-corrected chi connectivity index (χ4v) is 2.59. The van der Waals surface area contributed by atoms with Crippen LogP contribution in [0.4, 0.5) is 0 Å². The molecule has 0 aliphatic heterocycles. The molecule has 0 fully saturated rings. The molecule has 0 radical (unpaired) electrons. The summed E-state index contributed by atoms with van der Waals surface area (Å²) in [7, 11) is -2.33. The molecule has 0 rings (SSSR count). The van der Waals surface area contributed by atoms with Gasteiger partial charge in [0.15, 0.2) is 0 Å². The van der Waals surface area contributed by atoms with Crippen molar-refractivity contribution >= 4 is 13.7 Å². The Bertz CT molecular complexity index is 314. The Balaban J connectivity index is 0. The number of nitrogens with one attached hydrogen (secondary N) is 1. The molecule has 0 aliphatic rings. The zero-order valence-electron chi connectivity index (χ0n) is 15.3. The van der Waals surface area contributed by atoms with Gasteiger partial charge in [0.05, 0.1) is 20.3 Å². The van der Waals surface area contributed by atoms with E-state index in [2.05, 4.69) is 14.9 Å². The minimum absolute atomic E-state index is 0.0732. The third-order valence-corrected chi connectivity index (χ3v) is 3.91. The summed E-state index contributed by atoms with van der Waals surface area (Å²) < 4.78 is 26.7. The highest BCUT2D eigenvalue weighted by Crippen LogP contribution is 2.49. The van der Waals surface area contributed by atoms with Crippen LogP contribution in [0.3, 0.4) is 0 Å². The standard InChI is InChI=1S/C13H28NO6P.C2H6/c1-4-11-18-21(16,20-17-3)19-12-9-7-6-8-10-14-13(15)5-2;1-2/h4-12H2,1-3H3,(H,14,15);1-2H3. The highest BCUT2D eigenvalue weighted by molar-refractivity contribution is 7.48. The zero-order chi connectivity index (χ0) is 18.0. The largest absolute Gasteiger partial charge is 0.502 e. The first-order valence-corrected chi connectivity index (χ1v) is 9.92. The third kappa shape index (κ3) is 16.2. The maximum Gasteiger partial charge on any atom is 0.502 e. The molecule has 0 saturated carbocycles. The molecule has 0 bridgehead atoms. The Morgan fingerprint density at radius 2 is 1.61 bits per heavy atom. The Morgan fingerprint density at radius 1 is 1.00 bits per heavy atom. The van der Waals surface area contributed by atoms with E-state index in [1.807, 2.05) is 27.7 Å². The predicted molar refractivity (Wildman–Crippen MR) is 91.0 cm³/mol. The van der Waals surface area contributed by atoms with E-state index in [1.165, 1.54) is 7.11 Å². The third-order valence-electron chi connectivity index (χ3n) is 2.58. The topological polar surface area (TPSA) is 83.1 Å². The molecule has 0 spiro atoms. The van der Waals surface area contributed by atoms with Gasteiger partial charge in [0, 0.05) is 13.0 Å². The number of amides is 1. The van der Waals surface area contributed by atoms with Crippen molar-refractivity contribution in [1.82, 2.24) is 5.32 Å². The van der Waals surface area contributed by atoms with E-state index in [0.717, 1.165) is 25.7 Å². The second kappa shape index (κ2) is 17.9. The van der Waals surface area contributed by atoms with E-state index >= 15 is 0 Å². The number of phosphoric acid groups is 1. The number of hydrogen-bond donors (Lipinski definition) is 1. The van der Waals surface area contributed by atoms with Crippen LogP contribution in [0.15, 0.2) is 0 Å². The first-order valence-electron chi connectivity index (χ1n) is 8.46. The normalized spacial score (nSPS) is 12.9. The van der Waals surface area contributed by atoms with E-state index in [0.29, 0.717) is 19.4 Å². The van der Waals surface area contributed by atoms with Crippen molar-refractivity contribution in [1.29, 1.82) is 0 Å². The summed E-state index contributed by atoms with van der Waals surface area (Å²) in [6.45, 7) is 8.99. The molecule has 8 heteroatoms. The van der Waals surface area contributed by atoms with Crippen LogP contribution in [-0.2, 0) is 28.0 Å². The van der Waals surface area contributed by atoms with Gasteiger partial charge in [-0.3, -0.25) is 13.8 Å². The molecule has 0 aliphatic carbocycles. The molecule has 1 unspecified atom stereocenters. The van der Waals surface area contributed by atoms with Crippen LogP contribution >= 0.6 is 7.82 Å². The molecule has 7 nitrogen and oxygen atoms in total. The quantitative estimate of drug-likeness (QED) is 0.217. The number of carbonyl (C=O) groups is 1. The molecule has 0 aromatic rings.